The Bertz CT molecular complexity index is 1190. The Balaban J connectivity index is 1.41. The number of amides is 1. The summed E-state index contributed by atoms with van der Waals surface area (Å²) in [7, 11) is 1.59. The van der Waals surface area contributed by atoms with Crippen LogP contribution in [0.5, 0.6) is 11.5 Å². The molecule has 1 amide bonds. The number of hydrazone groups is 1. The summed E-state index contributed by atoms with van der Waals surface area (Å²) in [4.78, 5) is 12.4. The minimum Gasteiger partial charge on any atom is -0.493 e. The van der Waals surface area contributed by atoms with Crippen LogP contribution in [0.2, 0.25) is 0 Å². The van der Waals surface area contributed by atoms with Gasteiger partial charge in [0.15, 0.2) is 11.5 Å². The number of methoxy groups -OCH3 is 1. The Morgan fingerprint density at radius 1 is 1.03 bits per heavy atom. The highest BCUT2D eigenvalue weighted by molar-refractivity contribution is 7.17. The fourth-order valence-corrected chi connectivity index (χ4v) is 3.94. The molecule has 0 spiro atoms. The summed E-state index contributed by atoms with van der Waals surface area (Å²) < 4.78 is 12.4. The highest BCUT2D eigenvalue weighted by Crippen LogP contribution is 2.28. The maximum Gasteiger partial charge on any atom is 0.272 e. The van der Waals surface area contributed by atoms with Crippen molar-refractivity contribution in [1.82, 2.24) is 5.43 Å². The van der Waals surface area contributed by atoms with Gasteiger partial charge in [-0.05, 0) is 35.4 Å². The van der Waals surface area contributed by atoms with Crippen LogP contribution in [0.15, 0.2) is 83.3 Å². The molecule has 0 aliphatic rings. The van der Waals surface area contributed by atoms with Gasteiger partial charge in [0.2, 0.25) is 0 Å². The first kappa shape index (κ1) is 19.7. The van der Waals surface area contributed by atoms with Crippen molar-refractivity contribution >= 4 is 33.5 Å². The molecule has 0 aliphatic heterocycles. The second-order valence-electron chi connectivity index (χ2n) is 6.53. The molecule has 5 nitrogen and oxygen atoms in total. The summed E-state index contributed by atoms with van der Waals surface area (Å²) in [5, 5.41) is 6.86. The normalized spacial score (nSPS) is 11.0. The fraction of sp³-hybridized carbons (Fsp3) is 0.0833. The van der Waals surface area contributed by atoms with E-state index in [0.29, 0.717) is 23.7 Å². The number of thiophene rings is 1. The number of hydrogen-bond donors (Lipinski definition) is 1. The van der Waals surface area contributed by atoms with Gasteiger partial charge in [-0.3, -0.25) is 4.79 Å². The minimum atomic E-state index is -0.238. The summed E-state index contributed by atoms with van der Waals surface area (Å²) >= 11 is 1.54. The van der Waals surface area contributed by atoms with Gasteiger partial charge in [-0.2, -0.15) is 5.10 Å². The third kappa shape index (κ3) is 4.50. The fourth-order valence-electron chi connectivity index (χ4n) is 3.00. The van der Waals surface area contributed by atoms with Crippen molar-refractivity contribution in [3.63, 3.8) is 0 Å². The summed E-state index contributed by atoms with van der Waals surface area (Å²) in [6.45, 7) is 0.454. The van der Waals surface area contributed by atoms with Gasteiger partial charge in [-0.25, -0.2) is 5.43 Å². The van der Waals surface area contributed by atoms with Crippen molar-refractivity contribution in [2.24, 2.45) is 5.10 Å². The Kier molecular flexibility index (Phi) is 6.06. The summed E-state index contributed by atoms with van der Waals surface area (Å²) in [6.07, 6.45) is 1.58. The van der Waals surface area contributed by atoms with E-state index in [0.717, 1.165) is 21.2 Å². The summed E-state index contributed by atoms with van der Waals surface area (Å²) in [6, 6.07) is 23.2. The third-order valence-corrected chi connectivity index (χ3v) is 5.49. The maximum absolute atomic E-state index is 12.4. The summed E-state index contributed by atoms with van der Waals surface area (Å²) in [5.41, 5.74) is 5.07. The van der Waals surface area contributed by atoms with Crippen LogP contribution < -0.4 is 14.9 Å². The smallest absolute Gasteiger partial charge is 0.272 e. The summed E-state index contributed by atoms with van der Waals surface area (Å²) in [5.74, 6) is 1.01. The van der Waals surface area contributed by atoms with Gasteiger partial charge in [0.05, 0.1) is 18.9 Å². The van der Waals surface area contributed by atoms with Crippen molar-refractivity contribution in [2.45, 2.75) is 6.61 Å². The molecule has 4 aromatic rings. The predicted molar refractivity (Wildman–Crippen MR) is 121 cm³/mol. The molecule has 0 atom stereocenters. The van der Waals surface area contributed by atoms with Crippen LogP contribution in [0.25, 0.3) is 10.1 Å². The number of nitrogens with one attached hydrogen (secondary N) is 1. The molecule has 1 heterocycles. The highest BCUT2D eigenvalue weighted by Gasteiger charge is 2.11. The molecule has 1 N–H and O–H groups in total. The largest absolute Gasteiger partial charge is 0.493 e. The zero-order valence-corrected chi connectivity index (χ0v) is 17.2. The molecule has 150 valence electrons. The van der Waals surface area contributed by atoms with Gasteiger partial charge in [0, 0.05) is 15.5 Å². The highest BCUT2D eigenvalue weighted by atomic mass is 32.1. The van der Waals surface area contributed by atoms with Crippen molar-refractivity contribution in [2.75, 3.05) is 7.11 Å². The number of carbonyl (C=O) groups is 1. The molecule has 0 fully saturated rings. The molecular formula is C24H20N2O3S. The number of nitrogens with zero attached hydrogens (tertiary/aromatic N) is 1. The molecule has 0 saturated heterocycles. The van der Waals surface area contributed by atoms with Crippen molar-refractivity contribution < 1.29 is 14.3 Å². The van der Waals surface area contributed by atoms with E-state index in [1.165, 1.54) is 11.3 Å². The molecule has 0 unspecified atom stereocenters. The molecule has 0 bridgehead atoms. The van der Waals surface area contributed by atoms with Crippen molar-refractivity contribution in [3.05, 3.63) is 94.9 Å². The van der Waals surface area contributed by atoms with Crippen molar-refractivity contribution in [1.29, 1.82) is 0 Å². The van der Waals surface area contributed by atoms with Crippen LogP contribution in [0.1, 0.15) is 21.5 Å². The monoisotopic (exact) mass is 416 g/mol. The standard InChI is InChI=1S/C24H20N2O3S/c1-28-22-13-18(11-12-21(22)29-15-17-7-3-2-4-8-17)14-25-26-24(27)20-16-30-23-10-6-5-9-19(20)23/h2-14,16H,15H2,1H3,(H,26,27)/b25-14+. The number of rotatable bonds is 7. The topological polar surface area (TPSA) is 59.9 Å². The van der Waals surface area contributed by atoms with Gasteiger partial charge in [-0.1, -0.05) is 48.5 Å². The van der Waals surface area contributed by atoms with E-state index in [4.69, 9.17) is 9.47 Å². The lowest BCUT2D eigenvalue weighted by molar-refractivity contribution is 0.0957. The molecule has 0 aliphatic carbocycles. The number of ether oxygens (including phenoxy) is 2. The minimum absolute atomic E-state index is 0.238. The van der Waals surface area contributed by atoms with Gasteiger partial charge in [-0.15, -0.1) is 11.3 Å². The maximum atomic E-state index is 12.4. The van der Waals surface area contributed by atoms with Crippen LogP contribution in [0.4, 0.5) is 0 Å². The van der Waals surface area contributed by atoms with E-state index < -0.39 is 0 Å². The number of carbonyl (C=O) groups excluding carboxylic acids is 1. The molecule has 3 aromatic carbocycles. The second-order valence-corrected chi connectivity index (χ2v) is 7.44. The van der Waals surface area contributed by atoms with Crippen LogP contribution >= 0.6 is 11.3 Å². The second kappa shape index (κ2) is 9.24. The van der Waals surface area contributed by atoms with E-state index in [1.807, 2.05) is 78.2 Å². The van der Waals surface area contributed by atoms with Crippen LogP contribution in [-0.2, 0) is 6.61 Å². The van der Waals surface area contributed by atoms with Gasteiger partial charge in [0.1, 0.15) is 6.61 Å². The van der Waals surface area contributed by atoms with Crippen molar-refractivity contribution in [3.8, 4) is 11.5 Å². The van der Waals surface area contributed by atoms with Crippen LogP contribution in [0, 0.1) is 0 Å². The van der Waals surface area contributed by atoms with E-state index in [2.05, 4.69) is 10.5 Å². The van der Waals surface area contributed by atoms with Crippen LogP contribution in [-0.4, -0.2) is 19.2 Å². The van der Waals surface area contributed by atoms with Gasteiger partial charge < -0.3 is 9.47 Å². The number of benzene rings is 3. The molecule has 30 heavy (non-hydrogen) atoms. The van der Waals surface area contributed by atoms with Crippen LogP contribution in [0.3, 0.4) is 0 Å². The predicted octanol–water partition coefficient (Wildman–Crippen LogP) is 5.25. The number of fused-ring (bicyclic) bond motifs is 1. The van der Waals surface area contributed by atoms with E-state index in [1.54, 1.807) is 13.3 Å². The number of hydrogen-bond acceptors (Lipinski definition) is 5. The lowest BCUT2D eigenvalue weighted by Gasteiger charge is -2.11. The quantitative estimate of drug-likeness (QED) is 0.331. The Hall–Kier alpha value is -3.64. The lowest BCUT2D eigenvalue weighted by atomic mass is 10.2. The average Bonchev–Trinajstić information content (AvgIpc) is 3.23. The first-order valence-electron chi connectivity index (χ1n) is 9.39. The Labute approximate surface area is 178 Å². The first-order chi connectivity index (χ1) is 14.7. The van der Waals surface area contributed by atoms with Gasteiger partial charge in [0.25, 0.3) is 5.91 Å². The molecule has 1 aromatic heterocycles. The zero-order chi connectivity index (χ0) is 20.8. The zero-order valence-electron chi connectivity index (χ0n) is 16.4. The van der Waals surface area contributed by atoms with E-state index in [-0.39, 0.29) is 5.91 Å². The van der Waals surface area contributed by atoms with E-state index >= 15 is 0 Å². The SMILES string of the molecule is COc1cc(/C=N/NC(=O)c2csc3ccccc23)ccc1OCc1ccccc1. The average molecular weight is 417 g/mol. The molecular weight excluding hydrogens is 396 g/mol. The third-order valence-electron chi connectivity index (χ3n) is 4.53. The Morgan fingerprint density at radius 3 is 2.67 bits per heavy atom. The first-order valence-corrected chi connectivity index (χ1v) is 10.3. The molecule has 0 saturated carbocycles. The lowest BCUT2D eigenvalue weighted by Crippen LogP contribution is -2.17. The molecule has 6 heteroatoms. The Morgan fingerprint density at radius 2 is 1.83 bits per heavy atom. The van der Waals surface area contributed by atoms with E-state index in [9.17, 15) is 4.79 Å². The van der Waals surface area contributed by atoms with Gasteiger partial charge >= 0.3 is 0 Å². The molecule has 0 radical (unpaired) electrons. The molecule has 4 rings (SSSR count).